The smallest absolute Gasteiger partial charge is 0.293 e. The van der Waals surface area contributed by atoms with Gasteiger partial charge in [-0.3, -0.25) is 14.9 Å². The molecule has 1 amide bonds. The van der Waals surface area contributed by atoms with E-state index in [2.05, 4.69) is 25.7 Å². The van der Waals surface area contributed by atoms with Crippen LogP contribution in [0.1, 0.15) is 12.7 Å². The zero-order valence-electron chi connectivity index (χ0n) is 13.9. The lowest BCUT2D eigenvalue weighted by molar-refractivity contribution is -0.384. The predicted octanol–water partition coefficient (Wildman–Crippen LogP) is 2.17. The maximum Gasteiger partial charge on any atom is 0.293 e. The fraction of sp³-hybridized carbons (Fsp3) is 0.0625. The molecule has 0 unspecified atom stereocenters. The third-order valence-corrected chi connectivity index (χ3v) is 3.84. The van der Waals surface area contributed by atoms with Crippen LogP contribution in [0, 0.1) is 10.1 Å². The van der Waals surface area contributed by atoms with Gasteiger partial charge in [0.05, 0.1) is 16.2 Å². The molecule has 0 aliphatic carbocycles. The molecule has 0 spiro atoms. The highest BCUT2D eigenvalue weighted by Crippen LogP contribution is 2.28. The Labute approximate surface area is 151 Å². The summed E-state index contributed by atoms with van der Waals surface area (Å²) < 4.78 is 5.71. The molecule has 0 saturated carbocycles. The Morgan fingerprint density at radius 1 is 1.30 bits per heavy atom. The first-order valence-corrected chi connectivity index (χ1v) is 7.73. The SMILES string of the molecule is CC1=NN(c2nn[nH]n2)C(=O)/C1=C\c1ccc(-c2cccc([N+](=O)[O-])c2)o1. The first-order chi connectivity index (χ1) is 13.0. The number of non-ortho nitro benzene ring substituents is 1. The first-order valence-electron chi connectivity index (χ1n) is 7.73. The van der Waals surface area contributed by atoms with E-state index in [1.165, 1.54) is 12.1 Å². The lowest BCUT2D eigenvalue weighted by Gasteiger charge is -2.03. The van der Waals surface area contributed by atoms with Gasteiger partial charge in [0, 0.05) is 17.7 Å². The number of amides is 1. The number of furan rings is 1. The number of nitro benzene ring substituents is 1. The molecule has 0 radical (unpaired) electrons. The van der Waals surface area contributed by atoms with Gasteiger partial charge < -0.3 is 4.42 Å². The average molecular weight is 365 g/mol. The van der Waals surface area contributed by atoms with Crippen LogP contribution in [-0.4, -0.2) is 37.2 Å². The summed E-state index contributed by atoms with van der Waals surface area (Å²) in [6, 6.07) is 9.44. The van der Waals surface area contributed by atoms with E-state index in [1.807, 2.05) is 0 Å². The van der Waals surface area contributed by atoms with E-state index in [-0.39, 0.29) is 11.6 Å². The number of nitrogens with one attached hydrogen (secondary N) is 1. The largest absolute Gasteiger partial charge is 0.457 e. The number of anilines is 1. The van der Waals surface area contributed by atoms with Crippen molar-refractivity contribution in [1.29, 1.82) is 0 Å². The van der Waals surface area contributed by atoms with E-state index in [4.69, 9.17) is 4.42 Å². The van der Waals surface area contributed by atoms with Crippen molar-refractivity contribution in [2.45, 2.75) is 6.92 Å². The van der Waals surface area contributed by atoms with Gasteiger partial charge in [0.15, 0.2) is 0 Å². The molecule has 1 aromatic carbocycles. The fourth-order valence-corrected chi connectivity index (χ4v) is 2.57. The molecule has 0 saturated heterocycles. The van der Waals surface area contributed by atoms with E-state index in [9.17, 15) is 14.9 Å². The maximum absolute atomic E-state index is 12.5. The number of H-pyrrole nitrogens is 1. The number of hydrogen-bond donors (Lipinski definition) is 1. The molecule has 27 heavy (non-hydrogen) atoms. The molecule has 0 bridgehead atoms. The van der Waals surface area contributed by atoms with Crippen LogP contribution in [-0.2, 0) is 4.79 Å². The zero-order chi connectivity index (χ0) is 19.0. The van der Waals surface area contributed by atoms with Gasteiger partial charge in [-0.1, -0.05) is 17.2 Å². The molecule has 2 aromatic heterocycles. The summed E-state index contributed by atoms with van der Waals surface area (Å²) in [6.07, 6.45) is 1.54. The van der Waals surface area contributed by atoms with Crippen molar-refractivity contribution in [3.63, 3.8) is 0 Å². The Hall–Kier alpha value is -4.15. The molecule has 3 aromatic rings. The summed E-state index contributed by atoms with van der Waals surface area (Å²) >= 11 is 0. The van der Waals surface area contributed by atoms with Gasteiger partial charge in [-0.15, -0.1) is 5.10 Å². The molecular weight excluding hydrogens is 354 g/mol. The standard InChI is InChI=1S/C16H11N7O4/c1-9-13(15(24)22(19-9)16-17-20-21-18-16)8-12-5-6-14(27-12)10-3-2-4-11(7-10)23(25)26/h2-8H,1H3,(H,17,18,20,21)/b13-8-. The number of aromatic amines is 1. The number of hydrazone groups is 1. The average Bonchev–Trinajstić information content (AvgIpc) is 3.39. The highest BCUT2D eigenvalue weighted by Gasteiger charge is 2.31. The quantitative estimate of drug-likeness (QED) is 0.424. The second kappa shape index (κ2) is 6.29. The van der Waals surface area contributed by atoms with Crippen molar-refractivity contribution in [3.05, 3.63) is 57.8 Å². The molecule has 0 atom stereocenters. The Morgan fingerprint density at radius 3 is 2.89 bits per heavy atom. The van der Waals surface area contributed by atoms with Gasteiger partial charge in [-0.25, -0.2) is 0 Å². The molecular formula is C16H11N7O4. The lowest BCUT2D eigenvalue weighted by atomic mass is 10.1. The Kier molecular flexibility index (Phi) is 3.81. The third-order valence-electron chi connectivity index (χ3n) is 3.84. The predicted molar refractivity (Wildman–Crippen MR) is 93.5 cm³/mol. The maximum atomic E-state index is 12.5. The van der Waals surface area contributed by atoms with Gasteiger partial charge in [0.1, 0.15) is 11.5 Å². The van der Waals surface area contributed by atoms with Crippen molar-refractivity contribution < 1.29 is 14.1 Å². The minimum atomic E-state index is -0.473. The summed E-state index contributed by atoms with van der Waals surface area (Å²) in [5, 5.41) is 29.2. The van der Waals surface area contributed by atoms with Crippen LogP contribution < -0.4 is 5.01 Å². The van der Waals surface area contributed by atoms with E-state index in [1.54, 1.807) is 37.3 Å². The van der Waals surface area contributed by atoms with E-state index < -0.39 is 10.8 Å². The molecule has 0 fully saturated rings. The number of rotatable bonds is 4. The normalized spacial score (nSPS) is 15.4. The number of tetrazole rings is 1. The van der Waals surface area contributed by atoms with E-state index >= 15 is 0 Å². The minimum absolute atomic E-state index is 0.0338. The Bertz CT molecular complexity index is 1100. The molecule has 4 rings (SSSR count). The first kappa shape index (κ1) is 16.3. The molecule has 1 aliphatic rings. The summed E-state index contributed by atoms with van der Waals surface area (Å²) in [7, 11) is 0. The molecule has 134 valence electrons. The number of carbonyl (C=O) groups is 1. The molecule has 3 heterocycles. The van der Waals surface area contributed by atoms with Crippen LogP contribution in [0.5, 0.6) is 0 Å². The van der Waals surface area contributed by atoms with Crippen LogP contribution in [0.4, 0.5) is 11.6 Å². The van der Waals surface area contributed by atoms with Crippen molar-refractivity contribution in [2.75, 3.05) is 5.01 Å². The van der Waals surface area contributed by atoms with Gasteiger partial charge in [-0.2, -0.15) is 15.3 Å². The Balaban J connectivity index is 1.63. The Morgan fingerprint density at radius 2 is 2.15 bits per heavy atom. The van der Waals surface area contributed by atoms with Gasteiger partial charge in [-0.05, 0) is 30.3 Å². The monoisotopic (exact) mass is 365 g/mol. The number of nitro groups is 1. The number of benzene rings is 1. The van der Waals surface area contributed by atoms with Crippen molar-refractivity contribution >= 4 is 29.3 Å². The van der Waals surface area contributed by atoms with Gasteiger partial charge in [0.25, 0.3) is 17.5 Å². The lowest BCUT2D eigenvalue weighted by Crippen LogP contribution is -2.22. The van der Waals surface area contributed by atoms with Crippen molar-refractivity contribution in [1.82, 2.24) is 20.6 Å². The van der Waals surface area contributed by atoms with Crippen molar-refractivity contribution in [2.24, 2.45) is 5.10 Å². The second-order valence-corrected chi connectivity index (χ2v) is 5.58. The van der Waals surface area contributed by atoms with Crippen LogP contribution in [0.15, 0.2) is 51.5 Å². The zero-order valence-corrected chi connectivity index (χ0v) is 13.9. The van der Waals surface area contributed by atoms with Crippen LogP contribution in [0.2, 0.25) is 0 Å². The molecule has 1 N–H and O–H groups in total. The number of hydrogen-bond acceptors (Lipinski definition) is 8. The third kappa shape index (κ3) is 2.97. The summed E-state index contributed by atoms with van der Waals surface area (Å²) in [5.41, 5.74) is 1.32. The number of nitrogens with zero attached hydrogens (tertiary/aromatic N) is 6. The number of carbonyl (C=O) groups excluding carboxylic acids is 1. The van der Waals surface area contributed by atoms with Crippen LogP contribution in [0.3, 0.4) is 0 Å². The summed E-state index contributed by atoms with van der Waals surface area (Å²) in [6.45, 7) is 1.67. The van der Waals surface area contributed by atoms with Crippen LogP contribution >= 0.6 is 0 Å². The van der Waals surface area contributed by atoms with Gasteiger partial charge in [0.2, 0.25) is 0 Å². The molecule has 1 aliphatic heterocycles. The molecule has 11 heteroatoms. The molecule has 11 nitrogen and oxygen atoms in total. The van der Waals surface area contributed by atoms with E-state index in [0.717, 1.165) is 5.01 Å². The van der Waals surface area contributed by atoms with Crippen molar-refractivity contribution in [3.8, 4) is 11.3 Å². The summed E-state index contributed by atoms with van der Waals surface area (Å²) in [5.74, 6) is 0.478. The fourth-order valence-electron chi connectivity index (χ4n) is 2.57. The van der Waals surface area contributed by atoms with Gasteiger partial charge >= 0.3 is 0 Å². The summed E-state index contributed by atoms with van der Waals surface area (Å²) in [4.78, 5) is 23.0. The van der Waals surface area contributed by atoms with E-state index in [0.29, 0.717) is 28.4 Å². The second-order valence-electron chi connectivity index (χ2n) is 5.58. The van der Waals surface area contributed by atoms with Crippen LogP contribution in [0.25, 0.3) is 17.4 Å². The highest BCUT2D eigenvalue weighted by atomic mass is 16.6. The minimum Gasteiger partial charge on any atom is -0.457 e. The topological polar surface area (TPSA) is 143 Å². The highest BCUT2D eigenvalue weighted by molar-refractivity contribution is 6.31. The number of aromatic nitrogens is 4.